The highest BCUT2D eigenvalue weighted by Gasteiger charge is 2.22. The highest BCUT2D eigenvalue weighted by molar-refractivity contribution is 6.53. The van der Waals surface area contributed by atoms with Crippen molar-refractivity contribution in [2.24, 2.45) is 0 Å². The molecular weight excluding hydrogens is 379 g/mol. The second kappa shape index (κ2) is 9.12. The van der Waals surface area contributed by atoms with Gasteiger partial charge in [-0.3, -0.25) is 4.79 Å². The van der Waals surface area contributed by atoms with Crippen LogP contribution >= 0.6 is 23.2 Å². The molecule has 1 amide bonds. The first-order valence-electron chi connectivity index (χ1n) is 8.84. The van der Waals surface area contributed by atoms with Crippen molar-refractivity contribution in [3.8, 4) is 0 Å². The van der Waals surface area contributed by atoms with E-state index in [4.69, 9.17) is 23.2 Å². The predicted octanol–water partition coefficient (Wildman–Crippen LogP) is 5.18. The first-order chi connectivity index (χ1) is 13.0. The second-order valence-corrected chi connectivity index (χ2v) is 7.63. The summed E-state index contributed by atoms with van der Waals surface area (Å²) in [6.45, 7) is 3.77. The van der Waals surface area contributed by atoms with Crippen molar-refractivity contribution in [3.05, 3.63) is 95.3 Å². The van der Waals surface area contributed by atoms with Gasteiger partial charge in [0.2, 0.25) is 0 Å². The summed E-state index contributed by atoms with van der Waals surface area (Å²) in [5.74, 6) is -0.286. The van der Waals surface area contributed by atoms with E-state index in [1.165, 1.54) is 11.1 Å². The molecule has 1 aromatic heterocycles. The normalized spacial score (nSPS) is 11.0. The molecule has 0 N–H and O–H groups in total. The van der Waals surface area contributed by atoms with Crippen LogP contribution in [0.2, 0.25) is 0 Å². The van der Waals surface area contributed by atoms with E-state index in [1.54, 1.807) is 4.90 Å². The van der Waals surface area contributed by atoms with E-state index >= 15 is 0 Å². The first kappa shape index (κ1) is 19.5. The van der Waals surface area contributed by atoms with Gasteiger partial charge in [-0.1, -0.05) is 77.8 Å². The number of aryl methyl sites for hydroxylation is 1. The molecule has 3 nitrogen and oxygen atoms in total. The number of amides is 1. The Kier molecular flexibility index (Phi) is 6.59. The third-order valence-electron chi connectivity index (χ3n) is 4.59. The van der Waals surface area contributed by atoms with Crippen LogP contribution in [0.25, 0.3) is 0 Å². The van der Waals surface area contributed by atoms with E-state index in [-0.39, 0.29) is 5.91 Å². The van der Waals surface area contributed by atoms with Crippen molar-refractivity contribution in [2.75, 3.05) is 0 Å². The Hall–Kier alpha value is -2.23. The zero-order chi connectivity index (χ0) is 19.2. The molecule has 1 heterocycles. The molecule has 140 valence electrons. The highest BCUT2D eigenvalue weighted by Crippen LogP contribution is 2.17. The molecule has 0 aliphatic rings. The van der Waals surface area contributed by atoms with Crippen LogP contribution in [-0.2, 0) is 24.4 Å². The van der Waals surface area contributed by atoms with Crippen LogP contribution < -0.4 is 0 Å². The van der Waals surface area contributed by atoms with E-state index < -0.39 is 4.84 Å². The van der Waals surface area contributed by atoms with Crippen LogP contribution in [0.4, 0.5) is 0 Å². The van der Waals surface area contributed by atoms with Gasteiger partial charge in [0.05, 0.1) is 6.54 Å². The molecule has 0 saturated carbocycles. The summed E-state index contributed by atoms with van der Waals surface area (Å²) in [6.07, 6.45) is 2.03. The fourth-order valence-electron chi connectivity index (χ4n) is 3.07. The maximum absolute atomic E-state index is 12.6. The van der Waals surface area contributed by atoms with Crippen LogP contribution in [0, 0.1) is 6.92 Å². The van der Waals surface area contributed by atoms with Gasteiger partial charge < -0.3 is 9.47 Å². The SMILES string of the molecule is Cc1ccccc1Cn1cccc1CN(Cc1ccccc1)C(=O)C(Cl)Cl. The summed E-state index contributed by atoms with van der Waals surface area (Å²) in [5.41, 5.74) is 4.58. The summed E-state index contributed by atoms with van der Waals surface area (Å²) in [5, 5.41) is 0. The van der Waals surface area contributed by atoms with Gasteiger partial charge in [0.25, 0.3) is 5.91 Å². The Morgan fingerprint density at radius 3 is 2.37 bits per heavy atom. The number of nitrogens with zero attached hydrogens (tertiary/aromatic N) is 2. The smallest absolute Gasteiger partial charge is 0.256 e. The minimum absolute atomic E-state index is 0.286. The third kappa shape index (κ3) is 5.15. The maximum atomic E-state index is 12.6. The second-order valence-electron chi connectivity index (χ2n) is 6.53. The molecule has 3 aromatic rings. The molecule has 0 aliphatic carbocycles. The molecule has 3 rings (SSSR count). The zero-order valence-corrected chi connectivity index (χ0v) is 16.7. The van der Waals surface area contributed by atoms with Gasteiger partial charge in [-0.2, -0.15) is 0 Å². The molecule has 0 unspecified atom stereocenters. The van der Waals surface area contributed by atoms with Crippen LogP contribution in [-0.4, -0.2) is 20.2 Å². The standard InChI is InChI=1S/C22H22Cl2N2O/c1-17-8-5-6-11-19(17)15-25-13-7-12-20(25)16-26(22(27)21(23)24)14-18-9-3-2-4-10-18/h2-13,21H,14-16H2,1H3. The number of benzene rings is 2. The van der Waals surface area contributed by atoms with Crippen LogP contribution in [0.1, 0.15) is 22.4 Å². The molecule has 27 heavy (non-hydrogen) atoms. The highest BCUT2D eigenvalue weighted by atomic mass is 35.5. The predicted molar refractivity (Wildman–Crippen MR) is 111 cm³/mol. The van der Waals surface area contributed by atoms with Crippen molar-refractivity contribution >= 4 is 29.1 Å². The summed E-state index contributed by atoms with van der Waals surface area (Å²) < 4.78 is 2.16. The van der Waals surface area contributed by atoms with E-state index in [9.17, 15) is 4.79 Å². The van der Waals surface area contributed by atoms with Gasteiger partial charge in [0, 0.05) is 25.0 Å². The number of hydrogen-bond donors (Lipinski definition) is 0. The van der Waals surface area contributed by atoms with Gasteiger partial charge in [0.15, 0.2) is 4.84 Å². The number of carbonyl (C=O) groups excluding carboxylic acids is 1. The van der Waals surface area contributed by atoms with E-state index in [2.05, 4.69) is 23.6 Å². The summed E-state index contributed by atoms with van der Waals surface area (Å²) >= 11 is 11.8. The maximum Gasteiger partial charge on any atom is 0.256 e. The van der Waals surface area contributed by atoms with Crippen molar-refractivity contribution in [3.63, 3.8) is 0 Å². The molecule has 0 bridgehead atoms. The van der Waals surface area contributed by atoms with Gasteiger partial charge in [-0.05, 0) is 35.7 Å². The summed E-state index contributed by atoms with van der Waals surface area (Å²) in [4.78, 5) is 13.2. The Morgan fingerprint density at radius 1 is 0.963 bits per heavy atom. The van der Waals surface area contributed by atoms with Gasteiger partial charge in [-0.15, -0.1) is 0 Å². The number of hydrogen-bond acceptors (Lipinski definition) is 1. The molecule has 2 aromatic carbocycles. The van der Waals surface area contributed by atoms with E-state index in [0.717, 1.165) is 17.8 Å². The van der Waals surface area contributed by atoms with Crippen LogP contribution in [0.15, 0.2) is 72.9 Å². The van der Waals surface area contributed by atoms with Crippen molar-refractivity contribution in [1.82, 2.24) is 9.47 Å². The lowest BCUT2D eigenvalue weighted by molar-refractivity contribution is -0.130. The van der Waals surface area contributed by atoms with Crippen LogP contribution in [0.3, 0.4) is 0 Å². The first-order valence-corrected chi connectivity index (χ1v) is 9.71. The fourth-order valence-corrected chi connectivity index (χ4v) is 3.34. The summed E-state index contributed by atoms with van der Waals surface area (Å²) in [7, 11) is 0. The Labute approximate surface area is 170 Å². The third-order valence-corrected chi connectivity index (χ3v) is 4.97. The molecule has 0 radical (unpaired) electrons. The number of alkyl halides is 2. The number of rotatable bonds is 7. The topological polar surface area (TPSA) is 25.2 Å². The number of aromatic nitrogens is 1. The average Bonchev–Trinajstić information content (AvgIpc) is 3.10. The largest absolute Gasteiger partial charge is 0.345 e. The minimum Gasteiger partial charge on any atom is -0.345 e. The molecular formula is C22H22Cl2N2O. The molecule has 0 spiro atoms. The molecule has 0 aliphatic heterocycles. The quantitative estimate of drug-likeness (QED) is 0.501. The molecule has 5 heteroatoms. The Balaban J connectivity index is 1.81. The summed E-state index contributed by atoms with van der Waals surface area (Å²) in [6, 6.07) is 22.2. The number of halogens is 2. The van der Waals surface area contributed by atoms with E-state index in [0.29, 0.717) is 13.1 Å². The molecule has 0 fully saturated rings. The fraction of sp³-hybridized carbons (Fsp3) is 0.227. The Bertz CT molecular complexity index is 890. The minimum atomic E-state index is -1.08. The Morgan fingerprint density at radius 2 is 1.67 bits per heavy atom. The molecule has 0 saturated heterocycles. The number of carbonyl (C=O) groups is 1. The average molecular weight is 401 g/mol. The van der Waals surface area contributed by atoms with Crippen molar-refractivity contribution < 1.29 is 4.79 Å². The lowest BCUT2D eigenvalue weighted by atomic mass is 10.1. The lowest BCUT2D eigenvalue weighted by Crippen LogP contribution is -2.34. The lowest BCUT2D eigenvalue weighted by Gasteiger charge is -2.24. The van der Waals surface area contributed by atoms with Crippen LogP contribution in [0.5, 0.6) is 0 Å². The monoisotopic (exact) mass is 400 g/mol. The van der Waals surface area contributed by atoms with Crippen molar-refractivity contribution in [1.29, 1.82) is 0 Å². The van der Waals surface area contributed by atoms with Gasteiger partial charge in [-0.25, -0.2) is 0 Å². The zero-order valence-electron chi connectivity index (χ0n) is 15.2. The van der Waals surface area contributed by atoms with E-state index in [1.807, 2.05) is 60.8 Å². The van der Waals surface area contributed by atoms with Crippen molar-refractivity contribution in [2.45, 2.75) is 31.4 Å². The van der Waals surface area contributed by atoms with Gasteiger partial charge >= 0.3 is 0 Å². The van der Waals surface area contributed by atoms with Gasteiger partial charge in [0.1, 0.15) is 0 Å². The molecule has 0 atom stereocenters.